The van der Waals surface area contributed by atoms with E-state index in [-0.39, 0.29) is 11.9 Å². The highest BCUT2D eigenvalue weighted by Crippen LogP contribution is 2.14. The van der Waals surface area contributed by atoms with Gasteiger partial charge in [-0.1, -0.05) is 12.6 Å². The van der Waals surface area contributed by atoms with Crippen LogP contribution in [0.1, 0.15) is 30.1 Å². The van der Waals surface area contributed by atoms with Crippen LogP contribution in [0.5, 0.6) is 5.75 Å². The molecular formula is C16H21NO4. The molecule has 0 fully saturated rings. The molecule has 5 heteroatoms. The van der Waals surface area contributed by atoms with E-state index in [1.54, 1.807) is 31.2 Å². The van der Waals surface area contributed by atoms with Gasteiger partial charge in [0, 0.05) is 6.54 Å². The van der Waals surface area contributed by atoms with E-state index in [1.165, 1.54) is 6.08 Å². The number of carbonyl (C=O) groups excluding carboxylic acids is 2. The van der Waals surface area contributed by atoms with Gasteiger partial charge in [0.1, 0.15) is 5.75 Å². The Kier molecular flexibility index (Phi) is 7.64. The Bertz CT molecular complexity index is 485. The van der Waals surface area contributed by atoms with Gasteiger partial charge in [0.05, 0.1) is 18.8 Å². The number of esters is 1. The van der Waals surface area contributed by atoms with Gasteiger partial charge < -0.3 is 14.8 Å². The van der Waals surface area contributed by atoms with Gasteiger partial charge in [-0.25, -0.2) is 4.79 Å². The molecular weight excluding hydrogens is 270 g/mol. The molecule has 0 unspecified atom stereocenters. The van der Waals surface area contributed by atoms with E-state index < -0.39 is 0 Å². The largest absolute Gasteiger partial charge is 0.494 e. The van der Waals surface area contributed by atoms with Gasteiger partial charge in [-0.15, -0.1) is 0 Å². The number of unbranched alkanes of at least 4 members (excludes halogenated alkanes) is 1. The number of carbonyl (C=O) groups is 2. The van der Waals surface area contributed by atoms with Crippen molar-refractivity contribution in [2.45, 2.75) is 19.8 Å². The third-order valence-electron chi connectivity index (χ3n) is 2.67. The number of nitrogens with one attached hydrogen (secondary N) is 1. The van der Waals surface area contributed by atoms with Crippen molar-refractivity contribution in [3.63, 3.8) is 0 Å². The fraction of sp³-hybridized carbons (Fsp3) is 0.375. The molecule has 21 heavy (non-hydrogen) atoms. The molecule has 0 spiro atoms. The smallest absolute Gasteiger partial charge is 0.338 e. The first-order valence-electron chi connectivity index (χ1n) is 6.97. The van der Waals surface area contributed by atoms with Crippen LogP contribution >= 0.6 is 0 Å². The molecule has 1 rings (SSSR count). The molecule has 5 nitrogen and oxygen atoms in total. The standard InChI is InChI=1S/C16H21NO4/c1-3-15(18)17-10-5-6-11-21-14-9-7-8-13(12-14)16(19)20-4-2/h3,7-9,12H,1,4-6,10-11H2,2H3,(H,17,18). The van der Waals surface area contributed by atoms with Crippen molar-refractivity contribution in [3.05, 3.63) is 42.5 Å². The molecule has 0 aliphatic rings. The van der Waals surface area contributed by atoms with Crippen molar-refractivity contribution in [3.8, 4) is 5.75 Å². The number of hydrogen-bond acceptors (Lipinski definition) is 4. The summed E-state index contributed by atoms with van der Waals surface area (Å²) < 4.78 is 10.5. The third-order valence-corrected chi connectivity index (χ3v) is 2.67. The minimum Gasteiger partial charge on any atom is -0.494 e. The maximum atomic E-state index is 11.6. The molecule has 1 amide bonds. The Morgan fingerprint density at radius 1 is 1.33 bits per heavy atom. The zero-order chi connectivity index (χ0) is 15.5. The summed E-state index contributed by atoms with van der Waals surface area (Å²) in [7, 11) is 0. The highest BCUT2D eigenvalue weighted by molar-refractivity contribution is 5.89. The monoisotopic (exact) mass is 291 g/mol. The number of amides is 1. The van der Waals surface area contributed by atoms with Crippen LogP contribution in [-0.4, -0.2) is 31.6 Å². The Hall–Kier alpha value is -2.30. The summed E-state index contributed by atoms with van der Waals surface area (Å²) in [5.74, 6) is 0.115. The van der Waals surface area contributed by atoms with E-state index >= 15 is 0 Å². The van der Waals surface area contributed by atoms with Gasteiger partial charge in [-0.3, -0.25) is 4.79 Å². The molecule has 0 aromatic heterocycles. The maximum absolute atomic E-state index is 11.6. The van der Waals surface area contributed by atoms with E-state index in [1.807, 2.05) is 0 Å². The zero-order valence-electron chi connectivity index (χ0n) is 12.3. The first kappa shape index (κ1) is 16.8. The lowest BCUT2D eigenvalue weighted by Crippen LogP contribution is -2.22. The van der Waals surface area contributed by atoms with Gasteiger partial charge in [-0.2, -0.15) is 0 Å². The fourth-order valence-corrected chi connectivity index (χ4v) is 1.63. The average Bonchev–Trinajstić information content (AvgIpc) is 2.51. The van der Waals surface area contributed by atoms with Gasteiger partial charge in [-0.05, 0) is 44.0 Å². The summed E-state index contributed by atoms with van der Waals surface area (Å²) in [6, 6.07) is 6.90. The molecule has 1 aromatic carbocycles. The molecule has 114 valence electrons. The summed E-state index contributed by atoms with van der Waals surface area (Å²) in [5, 5.41) is 2.70. The Labute approximate surface area is 124 Å². The highest BCUT2D eigenvalue weighted by atomic mass is 16.5. The fourth-order valence-electron chi connectivity index (χ4n) is 1.63. The summed E-state index contributed by atoms with van der Waals surface area (Å²) in [6.45, 7) is 6.61. The van der Waals surface area contributed by atoms with Crippen molar-refractivity contribution >= 4 is 11.9 Å². The van der Waals surface area contributed by atoms with Gasteiger partial charge in [0.25, 0.3) is 0 Å². The molecule has 0 heterocycles. The lowest BCUT2D eigenvalue weighted by Gasteiger charge is -2.08. The molecule has 0 radical (unpaired) electrons. The van der Waals surface area contributed by atoms with Crippen molar-refractivity contribution in [2.75, 3.05) is 19.8 Å². The zero-order valence-corrected chi connectivity index (χ0v) is 12.3. The molecule has 0 bridgehead atoms. The Balaban J connectivity index is 2.29. The Morgan fingerprint density at radius 3 is 2.86 bits per heavy atom. The van der Waals surface area contributed by atoms with Gasteiger partial charge >= 0.3 is 5.97 Å². The SMILES string of the molecule is C=CC(=O)NCCCCOc1cccc(C(=O)OCC)c1. The topological polar surface area (TPSA) is 64.6 Å². The lowest BCUT2D eigenvalue weighted by molar-refractivity contribution is -0.116. The summed E-state index contributed by atoms with van der Waals surface area (Å²) in [4.78, 5) is 22.5. The van der Waals surface area contributed by atoms with Crippen LogP contribution in [0, 0.1) is 0 Å². The summed E-state index contributed by atoms with van der Waals surface area (Å²) in [5.41, 5.74) is 0.479. The van der Waals surface area contributed by atoms with Crippen LogP contribution in [0.2, 0.25) is 0 Å². The first-order chi connectivity index (χ1) is 10.2. The van der Waals surface area contributed by atoms with Crippen molar-refractivity contribution in [2.24, 2.45) is 0 Å². The average molecular weight is 291 g/mol. The van der Waals surface area contributed by atoms with Crippen LogP contribution in [-0.2, 0) is 9.53 Å². The van der Waals surface area contributed by atoms with E-state index in [9.17, 15) is 9.59 Å². The normalized spacial score (nSPS) is 9.76. The molecule has 1 aromatic rings. The van der Waals surface area contributed by atoms with E-state index in [0.717, 1.165) is 12.8 Å². The van der Waals surface area contributed by atoms with Crippen molar-refractivity contribution < 1.29 is 19.1 Å². The minimum atomic E-state index is -0.352. The van der Waals surface area contributed by atoms with Crippen LogP contribution in [0.15, 0.2) is 36.9 Å². The van der Waals surface area contributed by atoms with E-state index in [4.69, 9.17) is 9.47 Å². The minimum absolute atomic E-state index is 0.168. The number of benzene rings is 1. The lowest BCUT2D eigenvalue weighted by atomic mass is 10.2. The van der Waals surface area contributed by atoms with Crippen LogP contribution in [0.3, 0.4) is 0 Å². The molecule has 0 saturated carbocycles. The summed E-state index contributed by atoms with van der Waals surface area (Å²) in [6.07, 6.45) is 2.87. The number of ether oxygens (including phenoxy) is 2. The first-order valence-corrected chi connectivity index (χ1v) is 6.97. The number of rotatable bonds is 9. The molecule has 0 aliphatic carbocycles. The van der Waals surface area contributed by atoms with Crippen molar-refractivity contribution in [1.82, 2.24) is 5.32 Å². The van der Waals surface area contributed by atoms with Crippen LogP contribution < -0.4 is 10.1 Å². The van der Waals surface area contributed by atoms with E-state index in [2.05, 4.69) is 11.9 Å². The molecule has 0 atom stereocenters. The predicted molar refractivity (Wildman–Crippen MR) is 80.3 cm³/mol. The van der Waals surface area contributed by atoms with Crippen molar-refractivity contribution in [1.29, 1.82) is 0 Å². The second kappa shape index (κ2) is 9.58. The van der Waals surface area contributed by atoms with Crippen LogP contribution in [0.4, 0.5) is 0 Å². The van der Waals surface area contributed by atoms with E-state index in [0.29, 0.717) is 31.1 Å². The Morgan fingerprint density at radius 2 is 2.14 bits per heavy atom. The molecule has 0 saturated heterocycles. The quantitative estimate of drug-likeness (QED) is 0.431. The molecule has 0 aliphatic heterocycles. The second-order valence-corrected chi connectivity index (χ2v) is 4.30. The number of hydrogen-bond donors (Lipinski definition) is 1. The van der Waals surface area contributed by atoms with Gasteiger partial charge in [0.15, 0.2) is 0 Å². The highest BCUT2D eigenvalue weighted by Gasteiger charge is 2.07. The third kappa shape index (κ3) is 6.61. The second-order valence-electron chi connectivity index (χ2n) is 4.30. The predicted octanol–water partition coefficient (Wildman–Crippen LogP) is 2.32. The summed E-state index contributed by atoms with van der Waals surface area (Å²) >= 11 is 0. The van der Waals surface area contributed by atoms with Crippen LogP contribution in [0.25, 0.3) is 0 Å². The molecule has 1 N–H and O–H groups in total. The van der Waals surface area contributed by atoms with Gasteiger partial charge in [0.2, 0.25) is 5.91 Å². The maximum Gasteiger partial charge on any atom is 0.338 e.